The molecule has 1 aliphatic rings. The lowest BCUT2D eigenvalue weighted by Gasteiger charge is -2.32. The van der Waals surface area contributed by atoms with Crippen LogP contribution < -0.4 is 5.32 Å². The molecule has 24 heavy (non-hydrogen) atoms. The SMILES string of the molecule is C[C@@H](NC(=O)[C@H]1CC(=O)N(C(C)(C)C)C1)c1nc2ccccc2[nH]1. The van der Waals surface area contributed by atoms with Crippen molar-refractivity contribution in [3.8, 4) is 0 Å². The Morgan fingerprint density at radius 1 is 1.38 bits per heavy atom. The van der Waals surface area contributed by atoms with Gasteiger partial charge in [-0.3, -0.25) is 9.59 Å². The second-order valence-corrected chi connectivity index (χ2v) is 7.45. The molecular formula is C18H24N4O2. The molecule has 0 saturated carbocycles. The molecule has 0 spiro atoms. The van der Waals surface area contributed by atoms with Crippen molar-refractivity contribution >= 4 is 22.8 Å². The van der Waals surface area contributed by atoms with Gasteiger partial charge >= 0.3 is 0 Å². The van der Waals surface area contributed by atoms with Crippen LogP contribution in [0.3, 0.4) is 0 Å². The topological polar surface area (TPSA) is 78.1 Å². The molecule has 1 saturated heterocycles. The first-order valence-electron chi connectivity index (χ1n) is 8.31. The number of nitrogens with zero attached hydrogens (tertiary/aromatic N) is 2. The molecule has 1 aromatic heterocycles. The molecule has 2 N–H and O–H groups in total. The number of aromatic nitrogens is 2. The van der Waals surface area contributed by atoms with Crippen LogP contribution in [-0.4, -0.2) is 38.8 Å². The fourth-order valence-electron chi connectivity index (χ4n) is 3.11. The van der Waals surface area contributed by atoms with Crippen LogP contribution in [0.15, 0.2) is 24.3 Å². The Hall–Kier alpha value is -2.37. The maximum Gasteiger partial charge on any atom is 0.226 e. The van der Waals surface area contributed by atoms with Crippen molar-refractivity contribution in [1.82, 2.24) is 20.2 Å². The van der Waals surface area contributed by atoms with Crippen LogP contribution in [0.5, 0.6) is 0 Å². The average Bonchev–Trinajstić information content (AvgIpc) is 3.09. The van der Waals surface area contributed by atoms with E-state index in [1.54, 1.807) is 4.90 Å². The highest BCUT2D eigenvalue weighted by Crippen LogP contribution is 2.26. The van der Waals surface area contributed by atoms with Crippen molar-refractivity contribution in [2.45, 2.75) is 45.7 Å². The molecule has 0 aliphatic carbocycles. The highest BCUT2D eigenvalue weighted by atomic mass is 16.2. The van der Waals surface area contributed by atoms with E-state index in [1.807, 2.05) is 52.0 Å². The zero-order valence-corrected chi connectivity index (χ0v) is 14.6. The number of likely N-dealkylation sites (tertiary alicyclic amines) is 1. The summed E-state index contributed by atoms with van der Waals surface area (Å²) in [7, 11) is 0. The summed E-state index contributed by atoms with van der Waals surface area (Å²) in [6.45, 7) is 8.33. The molecule has 2 heterocycles. The van der Waals surface area contributed by atoms with Crippen molar-refractivity contribution in [3.05, 3.63) is 30.1 Å². The van der Waals surface area contributed by atoms with Crippen LogP contribution >= 0.6 is 0 Å². The van der Waals surface area contributed by atoms with Crippen molar-refractivity contribution < 1.29 is 9.59 Å². The molecule has 0 radical (unpaired) electrons. The summed E-state index contributed by atoms with van der Waals surface area (Å²) in [5, 5.41) is 2.98. The minimum absolute atomic E-state index is 0.0408. The van der Waals surface area contributed by atoms with Gasteiger partial charge in [0.15, 0.2) is 0 Å². The Balaban J connectivity index is 1.67. The van der Waals surface area contributed by atoms with Crippen molar-refractivity contribution in [2.75, 3.05) is 6.54 Å². The number of nitrogens with one attached hydrogen (secondary N) is 2. The molecule has 1 fully saturated rings. The number of fused-ring (bicyclic) bond motifs is 1. The molecule has 1 aliphatic heterocycles. The summed E-state index contributed by atoms with van der Waals surface area (Å²) >= 11 is 0. The third kappa shape index (κ3) is 3.13. The lowest BCUT2D eigenvalue weighted by Crippen LogP contribution is -2.43. The lowest BCUT2D eigenvalue weighted by atomic mass is 10.1. The first kappa shape index (κ1) is 16.5. The molecule has 3 rings (SSSR count). The van der Waals surface area contributed by atoms with Crippen LogP contribution in [-0.2, 0) is 9.59 Å². The van der Waals surface area contributed by atoms with Gasteiger partial charge in [-0.1, -0.05) is 12.1 Å². The van der Waals surface area contributed by atoms with E-state index in [0.717, 1.165) is 16.9 Å². The number of hydrogen-bond donors (Lipinski definition) is 2. The number of aromatic amines is 1. The van der Waals surface area contributed by atoms with Gasteiger partial charge in [0.25, 0.3) is 0 Å². The van der Waals surface area contributed by atoms with E-state index < -0.39 is 0 Å². The highest BCUT2D eigenvalue weighted by Gasteiger charge is 2.39. The fourth-order valence-corrected chi connectivity index (χ4v) is 3.11. The van der Waals surface area contributed by atoms with Gasteiger partial charge in [0.05, 0.1) is 23.0 Å². The van der Waals surface area contributed by atoms with Crippen LogP contribution in [0, 0.1) is 5.92 Å². The van der Waals surface area contributed by atoms with Crippen LogP contribution in [0.2, 0.25) is 0 Å². The number of rotatable bonds is 3. The monoisotopic (exact) mass is 328 g/mol. The number of para-hydroxylation sites is 2. The third-order valence-electron chi connectivity index (χ3n) is 4.48. The van der Waals surface area contributed by atoms with Gasteiger partial charge in [-0.05, 0) is 39.8 Å². The zero-order valence-electron chi connectivity index (χ0n) is 14.6. The standard InChI is InChI=1S/C18H24N4O2/c1-11(16-20-13-7-5-6-8-14(13)21-16)19-17(24)12-9-15(23)22(10-12)18(2,3)4/h5-8,11-12H,9-10H2,1-4H3,(H,19,24)(H,20,21)/t11-,12+/m1/s1. The Labute approximate surface area is 141 Å². The number of amides is 2. The van der Waals surface area contributed by atoms with E-state index in [2.05, 4.69) is 15.3 Å². The highest BCUT2D eigenvalue weighted by molar-refractivity contribution is 5.89. The molecule has 6 nitrogen and oxygen atoms in total. The van der Waals surface area contributed by atoms with Gasteiger partial charge in [0.2, 0.25) is 11.8 Å². The van der Waals surface area contributed by atoms with Gasteiger partial charge in [-0.25, -0.2) is 4.98 Å². The van der Waals surface area contributed by atoms with Crippen molar-refractivity contribution in [3.63, 3.8) is 0 Å². The predicted molar refractivity (Wildman–Crippen MR) is 92.2 cm³/mol. The molecule has 6 heteroatoms. The summed E-state index contributed by atoms with van der Waals surface area (Å²) in [6.07, 6.45) is 0.274. The number of benzene rings is 1. The molecule has 2 aromatic rings. The molecule has 2 amide bonds. The molecule has 0 unspecified atom stereocenters. The Kier molecular flexibility index (Phi) is 4.07. The van der Waals surface area contributed by atoms with Crippen molar-refractivity contribution in [2.24, 2.45) is 5.92 Å². The van der Waals surface area contributed by atoms with Crippen LogP contribution in [0.1, 0.15) is 46.0 Å². The van der Waals surface area contributed by atoms with Gasteiger partial charge in [-0.2, -0.15) is 0 Å². The summed E-state index contributed by atoms with van der Waals surface area (Å²) in [6, 6.07) is 7.53. The maximum absolute atomic E-state index is 12.5. The Bertz CT molecular complexity index is 742. The number of hydrogen-bond acceptors (Lipinski definition) is 3. The largest absolute Gasteiger partial charge is 0.346 e. The van der Waals surface area contributed by atoms with Gasteiger partial charge in [-0.15, -0.1) is 0 Å². The number of carbonyl (C=O) groups is 2. The second-order valence-electron chi connectivity index (χ2n) is 7.45. The minimum Gasteiger partial charge on any atom is -0.346 e. The zero-order chi connectivity index (χ0) is 17.5. The number of imidazole rings is 1. The molecular weight excluding hydrogens is 304 g/mol. The van der Waals surface area contributed by atoms with Crippen LogP contribution in [0.4, 0.5) is 0 Å². The Morgan fingerprint density at radius 2 is 2.08 bits per heavy atom. The minimum atomic E-state index is -0.302. The normalized spacial score (nSPS) is 19.8. The molecule has 128 valence electrons. The summed E-state index contributed by atoms with van der Waals surface area (Å²) in [4.78, 5) is 34.2. The lowest BCUT2D eigenvalue weighted by molar-refractivity contribution is -0.132. The summed E-state index contributed by atoms with van der Waals surface area (Å²) < 4.78 is 0. The van der Waals surface area contributed by atoms with E-state index in [-0.39, 0.29) is 35.7 Å². The smallest absolute Gasteiger partial charge is 0.226 e. The third-order valence-corrected chi connectivity index (χ3v) is 4.48. The quantitative estimate of drug-likeness (QED) is 0.908. The number of carbonyl (C=O) groups excluding carboxylic acids is 2. The first-order valence-corrected chi connectivity index (χ1v) is 8.31. The average molecular weight is 328 g/mol. The van der Waals surface area contributed by atoms with E-state index in [1.165, 1.54) is 0 Å². The van der Waals surface area contributed by atoms with E-state index in [4.69, 9.17) is 0 Å². The molecule has 1 aromatic carbocycles. The van der Waals surface area contributed by atoms with Crippen LogP contribution in [0.25, 0.3) is 11.0 Å². The first-order chi connectivity index (χ1) is 11.3. The summed E-state index contributed by atoms with van der Waals surface area (Å²) in [5.41, 5.74) is 1.57. The van der Waals surface area contributed by atoms with E-state index in [9.17, 15) is 9.59 Å². The van der Waals surface area contributed by atoms with Gasteiger partial charge in [0.1, 0.15) is 5.82 Å². The van der Waals surface area contributed by atoms with E-state index in [0.29, 0.717) is 6.54 Å². The fraction of sp³-hybridized carbons (Fsp3) is 0.500. The van der Waals surface area contributed by atoms with E-state index >= 15 is 0 Å². The second kappa shape index (κ2) is 5.92. The Morgan fingerprint density at radius 3 is 2.71 bits per heavy atom. The summed E-state index contributed by atoms with van der Waals surface area (Å²) in [5.74, 6) is 0.368. The maximum atomic E-state index is 12.5. The van der Waals surface area contributed by atoms with Crippen molar-refractivity contribution in [1.29, 1.82) is 0 Å². The predicted octanol–water partition coefficient (Wildman–Crippen LogP) is 2.39. The van der Waals surface area contributed by atoms with Gasteiger partial charge < -0.3 is 15.2 Å². The number of H-pyrrole nitrogens is 1. The molecule has 2 atom stereocenters. The molecule has 0 bridgehead atoms. The van der Waals surface area contributed by atoms with Gasteiger partial charge in [0, 0.05) is 18.5 Å².